The van der Waals surface area contributed by atoms with Gasteiger partial charge in [0.05, 0.1) is 65.5 Å². The van der Waals surface area contributed by atoms with Crippen molar-refractivity contribution in [1.29, 1.82) is 0 Å². The number of ketones is 1. The molecule has 1 aromatic carbocycles. The van der Waals surface area contributed by atoms with Crippen LogP contribution in [0.15, 0.2) is 28.2 Å². The van der Waals surface area contributed by atoms with Crippen LogP contribution in [0.5, 0.6) is 11.5 Å². The second-order valence-electron chi connectivity index (χ2n) is 12.6. The second kappa shape index (κ2) is 17.1. The van der Waals surface area contributed by atoms with Crippen LogP contribution in [0.4, 0.5) is 5.13 Å². The number of carboxylic acid groups (broad SMARTS) is 1. The van der Waals surface area contributed by atoms with Crippen LogP contribution >= 0.6 is 34.7 Å². The number of fused-ring (bicyclic) bond motifs is 1. The molecule has 278 valence electrons. The molecule has 0 bridgehead atoms. The van der Waals surface area contributed by atoms with Gasteiger partial charge in [0.25, 0.3) is 5.91 Å². The summed E-state index contributed by atoms with van der Waals surface area (Å²) in [6.45, 7) is 9.02. The van der Waals surface area contributed by atoms with Crippen LogP contribution in [0.3, 0.4) is 0 Å². The molecule has 0 unspecified atom stereocenters. The first-order valence-electron chi connectivity index (χ1n) is 16.0. The number of halogens is 1. The summed E-state index contributed by atoms with van der Waals surface area (Å²) in [7, 11) is 0. The van der Waals surface area contributed by atoms with Gasteiger partial charge in [-0.05, 0) is 39.8 Å². The quantitative estimate of drug-likeness (QED) is 0.0289. The van der Waals surface area contributed by atoms with E-state index in [4.69, 9.17) is 22.2 Å². The minimum Gasteiger partial charge on any atom is -0.546 e. The number of phenolic OH excluding ortho intramolecular Hbond substituents is 2. The standard InChI is InChI=1S/C31H37ClN10O8S2.Na/c1-5-42(6-2,10-9-34-26(46)16-7-8-19(43)24(45)21(16)32)12-15-13-51-28-17(27(47)41(28)23(15)25-36-39-40-37-25)11-20(44)22(18-14-52-30(33)35-18)38-50-31(3,4)29(48)49;/h7-8,14,17,28H,5-6,9-13H2,1-4H3,(H6-,33,34,35,36,37,38,39,40,43,44,45,46,48,49);/q;+1/p-1/t17-,28-;/m1./s1. The number of aromatic hydroxyl groups is 2. The summed E-state index contributed by atoms with van der Waals surface area (Å²) in [6, 6.07) is 2.50. The molecule has 0 spiro atoms. The molecule has 4 heterocycles. The molecule has 53 heavy (non-hydrogen) atoms. The number of carbonyl (C=O) groups is 4. The third-order valence-corrected chi connectivity index (χ3v) is 11.5. The number of tetrazole rings is 1. The van der Waals surface area contributed by atoms with Gasteiger partial charge in [-0.25, -0.2) is 4.98 Å². The molecule has 0 aliphatic carbocycles. The van der Waals surface area contributed by atoms with Crippen molar-refractivity contribution in [2.75, 3.05) is 44.2 Å². The van der Waals surface area contributed by atoms with E-state index in [9.17, 15) is 34.5 Å². The van der Waals surface area contributed by atoms with Crippen molar-refractivity contribution < 1.29 is 73.4 Å². The molecular weight excluding hydrogens is 763 g/mol. The molecule has 0 radical (unpaired) electrons. The second-order valence-corrected chi connectivity index (χ2v) is 15.0. The van der Waals surface area contributed by atoms with Gasteiger partial charge in [-0.15, -0.1) is 23.1 Å². The van der Waals surface area contributed by atoms with Gasteiger partial charge < -0.3 is 45.6 Å². The molecule has 5 N–H and O–H groups in total. The smallest absolute Gasteiger partial charge is 0.546 e. The number of aromatic nitrogens is 5. The first kappa shape index (κ1) is 42.0. The van der Waals surface area contributed by atoms with Gasteiger partial charge in [-0.3, -0.25) is 29.6 Å². The zero-order chi connectivity index (χ0) is 38.0. The number of Topliss-reactive ketones (excluding diaryl/α,β-unsaturated/α-hetero) is 1. The van der Waals surface area contributed by atoms with E-state index >= 15 is 0 Å². The molecule has 18 nitrogen and oxygen atoms in total. The van der Waals surface area contributed by atoms with Crippen LogP contribution in [0.2, 0.25) is 5.02 Å². The number of carbonyl (C=O) groups excluding carboxylic acids is 4. The van der Waals surface area contributed by atoms with Crippen molar-refractivity contribution in [3.05, 3.63) is 45.2 Å². The van der Waals surface area contributed by atoms with Gasteiger partial charge in [-0.1, -0.05) is 16.8 Å². The van der Waals surface area contributed by atoms with Gasteiger partial charge in [0.1, 0.15) is 12.2 Å². The number of hydrogen-bond acceptors (Lipinski definition) is 16. The molecule has 2 aliphatic rings. The van der Waals surface area contributed by atoms with Gasteiger partial charge in [0.2, 0.25) is 5.91 Å². The number of rotatable bonds is 16. The number of nitrogens with zero attached hydrogens (tertiary/aromatic N) is 8. The first-order valence-corrected chi connectivity index (χ1v) is 18.3. The SMILES string of the molecule is CC[N+](CC)(CCNC(=O)c1ccc(O)c(O)c1Cl)CC1=C(c2nnn[n-]2)N2C(=O)[C@@H](CC(=O)/C(=N\OC(C)(C)C(=O)[O-])c3csc(N)n3)[C@H]2SC1.[Na+]. The Morgan fingerprint density at radius 3 is 2.58 bits per heavy atom. The van der Waals surface area contributed by atoms with Crippen molar-refractivity contribution in [3.63, 3.8) is 0 Å². The number of nitrogens with two attached hydrogens (primary N) is 1. The van der Waals surface area contributed by atoms with E-state index < -0.39 is 46.1 Å². The zero-order valence-electron chi connectivity index (χ0n) is 29.5. The monoisotopic (exact) mass is 798 g/mol. The minimum atomic E-state index is -1.85. The van der Waals surface area contributed by atoms with Crippen molar-refractivity contribution in [2.24, 2.45) is 11.1 Å². The summed E-state index contributed by atoms with van der Waals surface area (Å²) in [5.74, 6) is -4.17. The molecule has 2 amide bonds. The zero-order valence-corrected chi connectivity index (χ0v) is 33.9. The van der Waals surface area contributed by atoms with E-state index in [1.165, 1.54) is 43.1 Å². The Morgan fingerprint density at radius 2 is 1.98 bits per heavy atom. The summed E-state index contributed by atoms with van der Waals surface area (Å²) < 4.78 is 0.503. The number of aliphatic carboxylic acids is 1. The molecule has 2 aromatic heterocycles. The number of anilines is 1. The summed E-state index contributed by atoms with van der Waals surface area (Å²) in [6.07, 6.45) is -0.272. The Bertz CT molecular complexity index is 1940. The predicted octanol–water partition coefficient (Wildman–Crippen LogP) is -2.63. The maximum Gasteiger partial charge on any atom is 1.00 e. The number of thioether (sulfide) groups is 1. The number of β-lactam (4-membered cyclic amide) rings is 1. The largest absolute Gasteiger partial charge is 1.00 e. The van der Waals surface area contributed by atoms with Crippen LogP contribution in [0, 0.1) is 5.92 Å². The Kier molecular flexibility index (Phi) is 13.6. The molecule has 0 saturated carbocycles. The molecule has 5 rings (SSSR count). The number of carboxylic acids is 1. The molecule has 2 atom stereocenters. The third kappa shape index (κ3) is 8.79. The van der Waals surface area contributed by atoms with Crippen LogP contribution in [0.25, 0.3) is 5.70 Å². The number of phenols is 2. The van der Waals surface area contributed by atoms with Crippen LogP contribution in [0.1, 0.15) is 56.0 Å². The van der Waals surface area contributed by atoms with Crippen LogP contribution < -0.4 is 50.8 Å². The maximum atomic E-state index is 13.9. The fraction of sp³-hybridized carbons (Fsp3) is 0.452. The van der Waals surface area contributed by atoms with Crippen molar-refractivity contribution >= 4 is 74.8 Å². The normalized spacial score (nSPS) is 17.5. The fourth-order valence-corrected chi connectivity index (χ4v) is 8.00. The number of benzene rings is 1. The Balaban J connectivity index is 0.00000627. The number of nitrogens with one attached hydrogen (secondary N) is 1. The fourth-order valence-electron chi connectivity index (χ4n) is 5.80. The van der Waals surface area contributed by atoms with Crippen molar-refractivity contribution in [3.8, 4) is 11.5 Å². The molecule has 1 saturated heterocycles. The Labute approximate surface area is 339 Å². The Morgan fingerprint density at radius 1 is 1.26 bits per heavy atom. The van der Waals surface area contributed by atoms with Gasteiger partial charge in [0.15, 0.2) is 33.7 Å². The minimum absolute atomic E-state index is 0. The third-order valence-electron chi connectivity index (χ3n) is 9.06. The average Bonchev–Trinajstić information content (AvgIpc) is 3.81. The average molecular weight is 799 g/mol. The first-order chi connectivity index (χ1) is 24.6. The van der Waals surface area contributed by atoms with Crippen molar-refractivity contribution in [1.82, 2.24) is 35.8 Å². The van der Waals surface area contributed by atoms with Crippen LogP contribution in [-0.2, 0) is 19.2 Å². The van der Waals surface area contributed by atoms with Gasteiger partial charge >= 0.3 is 29.6 Å². The van der Waals surface area contributed by atoms with Crippen LogP contribution in [-0.4, -0.2) is 119 Å². The van der Waals surface area contributed by atoms with Crippen molar-refractivity contribution in [2.45, 2.75) is 45.1 Å². The number of thiazole rings is 1. The van der Waals surface area contributed by atoms with Gasteiger partial charge in [0, 0.05) is 23.1 Å². The maximum absolute atomic E-state index is 13.9. The number of quaternary nitrogens is 1. The van der Waals surface area contributed by atoms with E-state index in [0.29, 0.717) is 42.1 Å². The summed E-state index contributed by atoms with van der Waals surface area (Å²) in [5, 5.41) is 54.1. The topological polar surface area (TPSA) is 260 Å². The number of likely N-dealkylation sites (N-methyl/N-ethyl adjacent to an activating group) is 1. The summed E-state index contributed by atoms with van der Waals surface area (Å²) in [4.78, 5) is 62.7. The molecule has 1 fully saturated rings. The van der Waals surface area contributed by atoms with E-state index in [2.05, 4.69) is 36.1 Å². The van der Waals surface area contributed by atoms with Gasteiger partial charge in [-0.2, -0.15) is 5.21 Å². The number of amides is 2. The number of oxime groups is 1. The molecule has 3 aromatic rings. The molecular formula is C31H36ClN10NaO8S2. The Hall–Kier alpha value is -3.79. The molecule has 22 heteroatoms. The van der Waals surface area contributed by atoms with E-state index in [-0.39, 0.29) is 81.4 Å². The number of nitrogen functional groups attached to an aromatic ring is 1. The summed E-state index contributed by atoms with van der Waals surface area (Å²) in [5.41, 5.74) is 5.07. The van der Waals surface area contributed by atoms with E-state index in [0.717, 1.165) is 16.9 Å². The van der Waals surface area contributed by atoms with E-state index in [1.54, 1.807) is 4.90 Å². The number of hydrogen-bond donors (Lipinski definition) is 4. The van der Waals surface area contributed by atoms with E-state index in [1.807, 2.05) is 13.8 Å². The summed E-state index contributed by atoms with van der Waals surface area (Å²) >= 11 is 8.60. The molecule has 2 aliphatic heterocycles. The predicted molar refractivity (Wildman–Crippen MR) is 188 cm³/mol.